The molecule has 172 valence electrons. The molecule has 1 fully saturated rings. The van der Waals surface area contributed by atoms with Crippen molar-refractivity contribution < 1.29 is 28.5 Å². The van der Waals surface area contributed by atoms with Crippen molar-refractivity contribution in [1.82, 2.24) is 4.90 Å². The Kier molecular flexibility index (Phi) is 8.44. The molecule has 0 radical (unpaired) electrons. The van der Waals surface area contributed by atoms with Gasteiger partial charge in [0.15, 0.2) is 18.1 Å². The van der Waals surface area contributed by atoms with Gasteiger partial charge in [0.1, 0.15) is 17.4 Å². The lowest BCUT2D eigenvalue weighted by molar-refractivity contribution is -0.136. The number of amides is 1. The number of hydrogen-bond donors (Lipinski definition) is 0. The Morgan fingerprint density at radius 2 is 1.94 bits per heavy atom. The van der Waals surface area contributed by atoms with Crippen LogP contribution < -0.4 is 14.2 Å². The van der Waals surface area contributed by atoms with Crippen LogP contribution in [0.5, 0.6) is 17.2 Å². The minimum Gasteiger partial charge on any atom is -0.493 e. The lowest BCUT2D eigenvalue weighted by Crippen LogP contribution is -2.41. The van der Waals surface area contributed by atoms with E-state index in [1.807, 2.05) is 31.2 Å². The number of ether oxygens (including phenoxy) is 4. The van der Waals surface area contributed by atoms with E-state index in [0.717, 1.165) is 12.0 Å². The van der Waals surface area contributed by atoms with E-state index in [0.29, 0.717) is 43.4 Å². The molecule has 33 heavy (non-hydrogen) atoms. The third-order valence-corrected chi connectivity index (χ3v) is 5.04. The lowest BCUT2D eigenvalue weighted by Gasteiger charge is -2.26. The maximum Gasteiger partial charge on any atom is 0.349 e. The standard InChI is InChI=1S/C25H26N2O6/c1-3-18-5-4-6-21(14-18)32-17-24(28)33-22-8-7-19(15-23(22)30-2)13-20(16-26)25(29)27-9-11-31-12-10-27/h4-8,13-15H,3,9-12,17H2,1-2H3/b20-13+. The van der Waals surface area contributed by atoms with Crippen molar-refractivity contribution in [3.05, 3.63) is 59.2 Å². The summed E-state index contributed by atoms with van der Waals surface area (Å²) in [5.41, 5.74) is 1.68. The normalized spacial score (nSPS) is 13.7. The minimum atomic E-state index is -0.585. The molecule has 0 aromatic heterocycles. The molecule has 0 aliphatic carbocycles. The maximum absolute atomic E-state index is 12.6. The van der Waals surface area contributed by atoms with Crippen LogP contribution >= 0.6 is 0 Å². The smallest absolute Gasteiger partial charge is 0.349 e. The number of aryl methyl sites for hydroxylation is 1. The van der Waals surface area contributed by atoms with E-state index < -0.39 is 5.97 Å². The maximum atomic E-state index is 12.6. The Balaban J connectivity index is 1.67. The molecule has 0 N–H and O–H groups in total. The summed E-state index contributed by atoms with van der Waals surface area (Å²) in [6.07, 6.45) is 2.35. The van der Waals surface area contributed by atoms with Gasteiger partial charge >= 0.3 is 5.97 Å². The number of nitrogens with zero attached hydrogens (tertiary/aromatic N) is 2. The fourth-order valence-electron chi connectivity index (χ4n) is 3.25. The largest absolute Gasteiger partial charge is 0.493 e. The van der Waals surface area contributed by atoms with Gasteiger partial charge < -0.3 is 23.8 Å². The Bertz CT molecular complexity index is 1070. The van der Waals surface area contributed by atoms with Crippen molar-refractivity contribution in [2.45, 2.75) is 13.3 Å². The minimum absolute atomic E-state index is 0.00593. The molecule has 1 aliphatic rings. The first-order chi connectivity index (χ1) is 16.0. The molecule has 0 saturated carbocycles. The number of nitriles is 1. The van der Waals surface area contributed by atoms with Crippen LogP contribution in [0, 0.1) is 11.3 Å². The van der Waals surface area contributed by atoms with E-state index in [9.17, 15) is 14.9 Å². The van der Waals surface area contributed by atoms with Crippen molar-refractivity contribution in [2.75, 3.05) is 40.0 Å². The van der Waals surface area contributed by atoms with E-state index in [-0.39, 0.29) is 23.8 Å². The fraction of sp³-hybridized carbons (Fsp3) is 0.320. The number of hydrogen-bond acceptors (Lipinski definition) is 7. The third kappa shape index (κ3) is 6.57. The van der Waals surface area contributed by atoms with Crippen LogP contribution in [0.2, 0.25) is 0 Å². The topological polar surface area (TPSA) is 98.1 Å². The summed E-state index contributed by atoms with van der Waals surface area (Å²) in [6.45, 7) is 3.57. The molecule has 1 heterocycles. The third-order valence-electron chi connectivity index (χ3n) is 5.04. The quantitative estimate of drug-likeness (QED) is 0.264. The van der Waals surface area contributed by atoms with Gasteiger partial charge in [-0.05, 0) is 47.9 Å². The summed E-state index contributed by atoms with van der Waals surface area (Å²) >= 11 is 0. The lowest BCUT2D eigenvalue weighted by atomic mass is 10.1. The van der Waals surface area contributed by atoms with Crippen LogP contribution in [-0.2, 0) is 20.7 Å². The summed E-state index contributed by atoms with van der Waals surface area (Å²) in [7, 11) is 1.44. The van der Waals surface area contributed by atoms with Crippen molar-refractivity contribution in [3.63, 3.8) is 0 Å². The summed E-state index contributed by atoms with van der Waals surface area (Å²) in [5.74, 6) is 0.163. The van der Waals surface area contributed by atoms with E-state index in [4.69, 9.17) is 18.9 Å². The van der Waals surface area contributed by atoms with Gasteiger partial charge in [-0.25, -0.2) is 4.79 Å². The first kappa shape index (κ1) is 23.8. The van der Waals surface area contributed by atoms with Crippen molar-refractivity contribution >= 4 is 18.0 Å². The highest BCUT2D eigenvalue weighted by atomic mass is 16.6. The van der Waals surface area contributed by atoms with Gasteiger partial charge in [0.2, 0.25) is 0 Å². The van der Waals surface area contributed by atoms with Gasteiger partial charge in [-0.3, -0.25) is 4.79 Å². The van der Waals surface area contributed by atoms with Gasteiger partial charge in [0.25, 0.3) is 5.91 Å². The van der Waals surface area contributed by atoms with Crippen LogP contribution in [0.3, 0.4) is 0 Å². The Hall–Kier alpha value is -3.83. The number of esters is 1. The molecular weight excluding hydrogens is 424 g/mol. The Morgan fingerprint density at radius 3 is 2.64 bits per heavy atom. The number of morpholine rings is 1. The molecule has 1 saturated heterocycles. The SMILES string of the molecule is CCc1cccc(OCC(=O)Oc2ccc(/C=C(\C#N)C(=O)N3CCOCC3)cc2OC)c1. The van der Waals surface area contributed by atoms with E-state index in [1.54, 1.807) is 29.2 Å². The van der Waals surface area contributed by atoms with Gasteiger partial charge in [-0.15, -0.1) is 0 Å². The molecule has 0 spiro atoms. The number of benzene rings is 2. The number of carbonyl (C=O) groups excluding carboxylic acids is 2. The van der Waals surface area contributed by atoms with Crippen LogP contribution in [0.15, 0.2) is 48.0 Å². The number of carbonyl (C=O) groups is 2. The highest BCUT2D eigenvalue weighted by Gasteiger charge is 2.21. The van der Waals surface area contributed by atoms with Crippen LogP contribution in [0.25, 0.3) is 6.08 Å². The van der Waals surface area contributed by atoms with Gasteiger partial charge in [-0.1, -0.05) is 25.1 Å². The molecule has 0 atom stereocenters. The van der Waals surface area contributed by atoms with Crippen LogP contribution in [-0.4, -0.2) is 56.8 Å². The van der Waals surface area contributed by atoms with Crippen molar-refractivity contribution in [3.8, 4) is 23.3 Å². The predicted octanol–water partition coefficient (Wildman–Crippen LogP) is 3.01. The molecular formula is C25H26N2O6. The highest BCUT2D eigenvalue weighted by molar-refractivity contribution is 6.01. The molecule has 3 rings (SSSR count). The summed E-state index contributed by atoms with van der Waals surface area (Å²) < 4.78 is 21.5. The molecule has 2 aromatic carbocycles. The predicted molar refractivity (Wildman–Crippen MR) is 121 cm³/mol. The molecule has 8 heteroatoms. The average molecular weight is 450 g/mol. The first-order valence-corrected chi connectivity index (χ1v) is 10.6. The molecule has 1 amide bonds. The second kappa shape index (κ2) is 11.7. The molecule has 8 nitrogen and oxygen atoms in total. The number of methoxy groups -OCH3 is 1. The van der Waals surface area contributed by atoms with E-state index in [1.165, 1.54) is 13.2 Å². The summed E-state index contributed by atoms with van der Waals surface area (Å²) in [6, 6.07) is 14.2. The molecule has 1 aliphatic heterocycles. The van der Waals surface area contributed by atoms with Crippen molar-refractivity contribution in [2.24, 2.45) is 0 Å². The summed E-state index contributed by atoms with van der Waals surface area (Å²) in [4.78, 5) is 26.4. The van der Waals surface area contributed by atoms with E-state index in [2.05, 4.69) is 0 Å². The monoisotopic (exact) mass is 450 g/mol. The van der Waals surface area contributed by atoms with Gasteiger partial charge in [0.05, 0.1) is 20.3 Å². The van der Waals surface area contributed by atoms with Crippen LogP contribution in [0.4, 0.5) is 0 Å². The number of rotatable bonds is 8. The molecule has 0 bridgehead atoms. The molecule has 0 unspecified atom stereocenters. The van der Waals surface area contributed by atoms with Gasteiger partial charge in [-0.2, -0.15) is 5.26 Å². The zero-order valence-corrected chi connectivity index (χ0v) is 18.7. The Labute approximate surface area is 192 Å². The average Bonchev–Trinajstić information content (AvgIpc) is 2.87. The van der Waals surface area contributed by atoms with Gasteiger partial charge in [0, 0.05) is 13.1 Å². The zero-order valence-electron chi connectivity index (χ0n) is 18.7. The second-order valence-electron chi connectivity index (χ2n) is 7.25. The second-order valence-corrected chi connectivity index (χ2v) is 7.25. The zero-order chi connectivity index (χ0) is 23.6. The highest BCUT2D eigenvalue weighted by Crippen LogP contribution is 2.29. The fourth-order valence-corrected chi connectivity index (χ4v) is 3.25. The van der Waals surface area contributed by atoms with Crippen LogP contribution in [0.1, 0.15) is 18.1 Å². The molecule has 2 aromatic rings. The summed E-state index contributed by atoms with van der Waals surface area (Å²) in [5, 5.41) is 9.46. The Morgan fingerprint density at radius 1 is 1.15 bits per heavy atom. The van der Waals surface area contributed by atoms with E-state index >= 15 is 0 Å². The van der Waals surface area contributed by atoms with Crippen molar-refractivity contribution in [1.29, 1.82) is 5.26 Å². The first-order valence-electron chi connectivity index (χ1n) is 10.6.